The molecule has 0 saturated carbocycles. The molecule has 0 N–H and O–H groups in total. The van der Waals surface area contributed by atoms with Crippen molar-refractivity contribution in [3.63, 3.8) is 0 Å². The summed E-state index contributed by atoms with van der Waals surface area (Å²) in [5.41, 5.74) is 2.84. The molecule has 0 heterocycles. The van der Waals surface area contributed by atoms with Crippen molar-refractivity contribution in [3.8, 4) is 0 Å². The van der Waals surface area contributed by atoms with E-state index < -0.39 is 0 Å². The number of thioether (sulfide) groups is 5. The molecule has 0 spiro atoms. The Morgan fingerprint density at radius 2 is 0.757 bits per heavy atom. The van der Waals surface area contributed by atoms with Gasteiger partial charge in [0.1, 0.15) is 0 Å². The summed E-state index contributed by atoms with van der Waals surface area (Å²) in [6, 6.07) is 43.5. The van der Waals surface area contributed by atoms with Crippen LogP contribution in [0.4, 0.5) is 0 Å². The second-order valence-electron chi connectivity index (χ2n) is 8.62. The Morgan fingerprint density at radius 3 is 1.14 bits per heavy atom. The molecule has 0 aliphatic carbocycles. The third-order valence-corrected chi connectivity index (χ3v) is 12.7. The quantitative estimate of drug-likeness (QED) is 0.121. The van der Waals surface area contributed by atoms with Crippen molar-refractivity contribution in [2.24, 2.45) is 0 Å². The van der Waals surface area contributed by atoms with E-state index >= 15 is 0 Å². The second kappa shape index (κ2) is 17.3. The SMILES string of the molecule is c1ccc(CSC(CSCC(CSc2ccccc2)SCc2ccccc2)CSc2ccccc2)cc1. The zero-order valence-electron chi connectivity index (χ0n) is 21.0. The number of rotatable bonds is 16. The van der Waals surface area contributed by atoms with Crippen molar-refractivity contribution in [2.75, 3.05) is 23.0 Å². The van der Waals surface area contributed by atoms with Crippen LogP contribution in [0.1, 0.15) is 11.1 Å². The standard InChI is InChI=1S/C32H34S5/c1-5-13-27(14-6-1)21-34-31(25-36-29-17-9-3-10-18-29)23-33-24-32(26-37-30-19-11-4-12-20-30)35-22-28-15-7-2-8-16-28/h1-20,31-32H,21-26H2. The zero-order chi connectivity index (χ0) is 25.4. The van der Waals surface area contributed by atoms with E-state index in [-0.39, 0.29) is 0 Å². The summed E-state index contributed by atoms with van der Waals surface area (Å²) in [5.74, 6) is 6.84. The fraction of sp³-hybridized carbons (Fsp3) is 0.250. The van der Waals surface area contributed by atoms with Gasteiger partial charge in [-0.3, -0.25) is 0 Å². The summed E-state index contributed by atoms with van der Waals surface area (Å²) < 4.78 is 0. The monoisotopic (exact) mass is 578 g/mol. The molecule has 0 bridgehead atoms. The summed E-state index contributed by atoms with van der Waals surface area (Å²) in [6.07, 6.45) is 0. The molecular formula is C32H34S5. The number of hydrogen-bond donors (Lipinski definition) is 0. The van der Waals surface area contributed by atoms with Gasteiger partial charge in [-0.1, -0.05) is 97.1 Å². The molecule has 0 aliphatic rings. The van der Waals surface area contributed by atoms with Crippen LogP contribution < -0.4 is 0 Å². The molecular weight excluding hydrogens is 545 g/mol. The first-order chi connectivity index (χ1) is 18.3. The van der Waals surface area contributed by atoms with Gasteiger partial charge in [-0.25, -0.2) is 0 Å². The first kappa shape index (κ1) is 28.6. The predicted octanol–water partition coefficient (Wildman–Crippen LogP) is 9.91. The zero-order valence-corrected chi connectivity index (χ0v) is 25.1. The number of benzene rings is 4. The topological polar surface area (TPSA) is 0 Å². The highest BCUT2D eigenvalue weighted by Crippen LogP contribution is 2.31. The van der Waals surface area contributed by atoms with Gasteiger partial charge in [0, 0.05) is 54.8 Å². The highest BCUT2D eigenvalue weighted by atomic mass is 32.2. The van der Waals surface area contributed by atoms with Crippen molar-refractivity contribution < 1.29 is 0 Å². The van der Waals surface area contributed by atoms with Crippen molar-refractivity contribution in [2.45, 2.75) is 31.8 Å². The first-order valence-electron chi connectivity index (χ1n) is 12.6. The molecule has 0 nitrogen and oxygen atoms in total. The largest absolute Gasteiger partial charge is 0.160 e. The Balaban J connectivity index is 1.31. The Morgan fingerprint density at radius 1 is 0.405 bits per heavy atom. The van der Waals surface area contributed by atoms with Crippen LogP contribution >= 0.6 is 58.8 Å². The molecule has 2 atom stereocenters. The Labute approximate surface area is 244 Å². The Bertz CT molecular complexity index is 929. The van der Waals surface area contributed by atoms with Gasteiger partial charge in [0.05, 0.1) is 0 Å². The van der Waals surface area contributed by atoms with E-state index in [4.69, 9.17) is 0 Å². The van der Waals surface area contributed by atoms with Crippen LogP contribution in [0.5, 0.6) is 0 Å². The average molecular weight is 579 g/mol. The number of hydrogen-bond acceptors (Lipinski definition) is 5. The molecule has 192 valence electrons. The maximum atomic E-state index is 2.25. The van der Waals surface area contributed by atoms with E-state index in [1.54, 1.807) is 0 Å². The normalized spacial score (nSPS) is 12.8. The summed E-state index contributed by atoms with van der Waals surface area (Å²) in [5, 5.41) is 1.24. The highest BCUT2D eigenvalue weighted by molar-refractivity contribution is 8.06. The van der Waals surface area contributed by atoms with Crippen molar-refractivity contribution in [3.05, 3.63) is 132 Å². The molecule has 37 heavy (non-hydrogen) atoms. The lowest BCUT2D eigenvalue weighted by molar-refractivity contribution is 1.11. The van der Waals surface area contributed by atoms with E-state index in [2.05, 4.69) is 157 Å². The molecule has 0 radical (unpaired) electrons. The van der Waals surface area contributed by atoms with Crippen LogP contribution in [0.2, 0.25) is 0 Å². The van der Waals surface area contributed by atoms with E-state index in [1.807, 2.05) is 23.5 Å². The lowest BCUT2D eigenvalue weighted by atomic mass is 10.2. The first-order valence-corrected chi connectivity index (χ1v) is 17.8. The molecule has 4 rings (SSSR count). The lowest BCUT2D eigenvalue weighted by Gasteiger charge is -2.20. The van der Waals surface area contributed by atoms with Crippen LogP contribution in [-0.2, 0) is 11.5 Å². The maximum absolute atomic E-state index is 2.25. The molecule has 0 saturated heterocycles. The molecule has 4 aromatic carbocycles. The van der Waals surface area contributed by atoms with Crippen molar-refractivity contribution in [1.82, 2.24) is 0 Å². The molecule has 0 aliphatic heterocycles. The summed E-state index contributed by atoms with van der Waals surface area (Å²) in [7, 11) is 0. The summed E-state index contributed by atoms with van der Waals surface area (Å²) in [6.45, 7) is 0. The molecule has 2 unspecified atom stereocenters. The Kier molecular flexibility index (Phi) is 13.4. The second-order valence-corrected chi connectivity index (χ2v) is 14.5. The minimum absolute atomic E-state index is 0.622. The van der Waals surface area contributed by atoms with Crippen LogP contribution in [0.25, 0.3) is 0 Å². The molecule has 0 aromatic heterocycles. The van der Waals surface area contributed by atoms with Gasteiger partial charge in [-0.15, -0.1) is 23.5 Å². The van der Waals surface area contributed by atoms with Crippen LogP contribution in [0, 0.1) is 0 Å². The smallest absolute Gasteiger partial charge is 0.0235 e. The van der Waals surface area contributed by atoms with Gasteiger partial charge >= 0.3 is 0 Å². The average Bonchev–Trinajstić information content (AvgIpc) is 2.97. The maximum Gasteiger partial charge on any atom is 0.0235 e. The van der Waals surface area contributed by atoms with Gasteiger partial charge in [0.15, 0.2) is 0 Å². The van der Waals surface area contributed by atoms with Gasteiger partial charge in [0.25, 0.3) is 0 Å². The van der Waals surface area contributed by atoms with Crippen molar-refractivity contribution in [1.29, 1.82) is 0 Å². The molecule has 4 aromatic rings. The van der Waals surface area contributed by atoms with Gasteiger partial charge in [-0.05, 0) is 35.4 Å². The lowest BCUT2D eigenvalue weighted by Crippen LogP contribution is -2.15. The minimum atomic E-state index is 0.622. The summed E-state index contributed by atoms with van der Waals surface area (Å²) >= 11 is 10.4. The predicted molar refractivity (Wildman–Crippen MR) is 175 cm³/mol. The van der Waals surface area contributed by atoms with Gasteiger partial charge in [0.2, 0.25) is 0 Å². The van der Waals surface area contributed by atoms with Crippen molar-refractivity contribution >= 4 is 58.8 Å². The Hall–Kier alpha value is -1.37. The fourth-order valence-corrected chi connectivity index (χ4v) is 10.3. The van der Waals surface area contributed by atoms with E-state index in [0.717, 1.165) is 23.0 Å². The van der Waals surface area contributed by atoms with Gasteiger partial charge < -0.3 is 0 Å². The van der Waals surface area contributed by atoms with E-state index in [9.17, 15) is 0 Å². The van der Waals surface area contributed by atoms with Crippen LogP contribution in [-0.4, -0.2) is 33.5 Å². The molecule has 0 amide bonds. The third-order valence-electron chi connectivity index (χ3n) is 5.62. The van der Waals surface area contributed by atoms with E-state index in [0.29, 0.717) is 10.5 Å². The minimum Gasteiger partial charge on any atom is -0.160 e. The van der Waals surface area contributed by atoms with E-state index in [1.165, 1.54) is 32.4 Å². The molecule has 0 fully saturated rings. The third kappa shape index (κ3) is 11.5. The van der Waals surface area contributed by atoms with Crippen LogP contribution in [0.15, 0.2) is 131 Å². The van der Waals surface area contributed by atoms with Crippen LogP contribution in [0.3, 0.4) is 0 Å². The highest BCUT2D eigenvalue weighted by Gasteiger charge is 2.15. The van der Waals surface area contributed by atoms with Gasteiger partial charge in [-0.2, -0.15) is 35.3 Å². The molecule has 5 heteroatoms. The summed E-state index contributed by atoms with van der Waals surface area (Å²) in [4.78, 5) is 2.74. The fourth-order valence-electron chi connectivity index (χ4n) is 3.61.